The van der Waals surface area contributed by atoms with Crippen LogP contribution in [-0.2, 0) is 13.0 Å². The maximum absolute atomic E-state index is 12.2. The number of H-pyrrole nitrogens is 1. The van der Waals surface area contributed by atoms with Gasteiger partial charge in [0, 0.05) is 19.3 Å². The van der Waals surface area contributed by atoms with E-state index in [1.165, 1.54) is 11.1 Å². The highest BCUT2D eigenvalue weighted by Crippen LogP contribution is 2.19. The Morgan fingerprint density at radius 1 is 0.893 bits per heavy atom. The minimum absolute atomic E-state index is 0.0859. The lowest BCUT2D eigenvalue weighted by Crippen LogP contribution is -2.17. The van der Waals surface area contributed by atoms with Crippen molar-refractivity contribution in [3.63, 3.8) is 0 Å². The molecule has 0 bridgehead atoms. The predicted octanol–water partition coefficient (Wildman–Crippen LogP) is 4.46. The first kappa shape index (κ1) is 18.0. The number of aromatic nitrogens is 2. The van der Waals surface area contributed by atoms with Gasteiger partial charge in [-0.3, -0.25) is 4.79 Å². The molecular formula is C24H23N3O. The maximum Gasteiger partial charge on any atom is 0.258 e. The van der Waals surface area contributed by atoms with Crippen LogP contribution in [0.15, 0.2) is 77.6 Å². The Hall–Kier alpha value is -3.40. The van der Waals surface area contributed by atoms with Crippen molar-refractivity contribution in [2.75, 3.05) is 11.9 Å². The standard InChI is InChI=1S/C24H23N3O/c1-17-25-23-13-10-20(15-22(23)24(28)26-17)16-27(2)21-11-8-19(9-12-21)14-18-6-4-3-5-7-18/h3-13,15H,14,16H2,1-2H3,(H,25,26,28). The largest absolute Gasteiger partial charge is 0.370 e. The maximum atomic E-state index is 12.2. The van der Waals surface area contributed by atoms with E-state index in [4.69, 9.17) is 0 Å². The molecule has 1 heterocycles. The Labute approximate surface area is 164 Å². The summed E-state index contributed by atoms with van der Waals surface area (Å²) in [5, 5.41) is 0.634. The second-order valence-corrected chi connectivity index (χ2v) is 7.19. The van der Waals surface area contributed by atoms with Crippen molar-refractivity contribution in [3.05, 3.63) is 106 Å². The Morgan fingerprint density at radius 3 is 2.32 bits per heavy atom. The molecule has 0 aliphatic rings. The minimum atomic E-state index is -0.0859. The van der Waals surface area contributed by atoms with Gasteiger partial charge in [0.05, 0.1) is 10.9 Å². The smallest absolute Gasteiger partial charge is 0.258 e. The van der Waals surface area contributed by atoms with E-state index in [0.717, 1.165) is 29.7 Å². The first-order valence-corrected chi connectivity index (χ1v) is 9.42. The highest BCUT2D eigenvalue weighted by molar-refractivity contribution is 5.78. The number of nitrogens with one attached hydrogen (secondary N) is 1. The van der Waals surface area contributed by atoms with Crippen molar-refractivity contribution >= 4 is 16.6 Å². The Balaban J connectivity index is 1.49. The molecule has 140 valence electrons. The number of rotatable bonds is 5. The van der Waals surface area contributed by atoms with Crippen LogP contribution in [0.25, 0.3) is 10.9 Å². The van der Waals surface area contributed by atoms with Gasteiger partial charge in [-0.2, -0.15) is 0 Å². The van der Waals surface area contributed by atoms with Gasteiger partial charge in [-0.1, -0.05) is 48.5 Å². The lowest BCUT2D eigenvalue weighted by molar-refractivity contribution is 0.922. The number of hydrogen-bond acceptors (Lipinski definition) is 3. The molecule has 0 amide bonds. The first-order valence-electron chi connectivity index (χ1n) is 9.42. The van der Waals surface area contributed by atoms with E-state index in [9.17, 15) is 4.79 Å². The summed E-state index contributed by atoms with van der Waals surface area (Å²) in [5.74, 6) is 0.637. The molecule has 0 saturated carbocycles. The van der Waals surface area contributed by atoms with Crippen molar-refractivity contribution in [2.24, 2.45) is 0 Å². The highest BCUT2D eigenvalue weighted by atomic mass is 16.1. The monoisotopic (exact) mass is 369 g/mol. The molecule has 0 aliphatic heterocycles. The number of anilines is 1. The molecule has 4 heteroatoms. The third-order valence-electron chi connectivity index (χ3n) is 4.94. The highest BCUT2D eigenvalue weighted by Gasteiger charge is 2.07. The number of nitrogens with zero attached hydrogens (tertiary/aromatic N) is 2. The molecule has 4 nitrogen and oxygen atoms in total. The molecule has 4 rings (SSSR count). The van der Waals surface area contributed by atoms with E-state index in [1.54, 1.807) is 6.92 Å². The second kappa shape index (κ2) is 7.69. The summed E-state index contributed by atoms with van der Waals surface area (Å²) in [5.41, 5.74) is 5.48. The molecule has 1 aromatic heterocycles. The Kier molecular flexibility index (Phi) is 4.94. The topological polar surface area (TPSA) is 49.0 Å². The van der Waals surface area contributed by atoms with Gasteiger partial charge in [-0.25, -0.2) is 4.98 Å². The van der Waals surface area contributed by atoms with Crippen LogP contribution in [0.3, 0.4) is 0 Å². The van der Waals surface area contributed by atoms with Gasteiger partial charge in [0.2, 0.25) is 0 Å². The zero-order chi connectivity index (χ0) is 19.5. The van der Waals surface area contributed by atoms with Gasteiger partial charge < -0.3 is 9.88 Å². The van der Waals surface area contributed by atoms with Crippen molar-refractivity contribution in [1.82, 2.24) is 9.97 Å². The number of aryl methyl sites for hydroxylation is 1. The summed E-state index contributed by atoms with van der Waals surface area (Å²) in [6.45, 7) is 2.52. The van der Waals surface area contributed by atoms with Crippen LogP contribution in [0.4, 0.5) is 5.69 Å². The number of hydrogen-bond donors (Lipinski definition) is 1. The molecule has 0 atom stereocenters. The predicted molar refractivity (Wildman–Crippen MR) is 115 cm³/mol. The molecule has 0 fully saturated rings. The molecule has 28 heavy (non-hydrogen) atoms. The van der Waals surface area contributed by atoms with Crippen molar-refractivity contribution in [1.29, 1.82) is 0 Å². The molecule has 0 spiro atoms. The Bertz CT molecular complexity index is 1150. The fourth-order valence-corrected chi connectivity index (χ4v) is 3.47. The fraction of sp³-hybridized carbons (Fsp3) is 0.167. The lowest BCUT2D eigenvalue weighted by atomic mass is 10.0. The zero-order valence-corrected chi connectivity index (χ0v) is 16.1. The molecule has 0 saturated heterocycles. The number of aromatic amines is 1. The fourth-order valence-electron chi connectivity index (χ4n) is 3.47. The average Bonchev–Trinajstić information content (AvgIpc) is 2.70. The SMILES string of the molecule is Cc1nc2ccc(CN(C)c3ccc(Cc4ccccc4)cc3)cc2c(=O)[nH]1. The van der Waals surface area contributed by atoms with Gasteiger partial charge in [0.25, 0.3) is 5.56 Å². The zero-order valence-electron chi connectivity index (χ0n) is 16.1. The number of fused-ring (bicyclic) bond motifs is 1. The molecule has 1 N–H and O–H groups in total. The van der Waals surface area contributed by atoms with Crippen LogP contribution in [-0.4, -0.2) is 17.0 Å². The summed E-state index contributed by atoms with van der Waals surface area (Å²) in [7, 11) is 2.06. The first-order chi connectivity index (χ1) is 13.6. The van der Waals surface area contributed by atoms with Crippen LogP contribution in [0.2, 0.25) is 0 Å². The molecule has 3 aromatic carbocycles. The van der Waals surface area contributed by atoms with E-state index in [2.05, 4.69) is 70.4 Å². The molecular weight excluding hydrogens is 346 g/mol. The van der Waals surface area contributed by atoms with E-state index in [-0.39, 0.29) is 5.56 Å². The average molecular weight is 369 g/mol. The Morgan fingerprint density at radius 2 is 1.57 bits per heavy atom. The second-order valence-electron chi connectivity index (χ2n) is 7.19. The van der Waals surface area contributed by atoms with Crippen molar-refractivity contribution < 1.29 is 0 Å². The molecule has 0 aliphatic carbocycles. The summed E-state index contributed by atoms with van der Waals surface area (Å²) in [6, 6.07) is 25.0. The minimum Gasteiger partial charge on any atom is -0.370 e. The van der Waals surface area contributed by atoms with Crippen LogP contribution >= 0.6 is 0 Å². The van der Waals surface area contributed by atoms with Crippen LogP contribution in [0.1, 0.15) is 22.5 Å². The van der Waals surface area contributed by atoms with Gasteiger partial charge >= 0.3 is 0 Å². The van der Waals surface area contributed by atoms with Gasteiger partial charge in [0.15, 0.2) is 0 Å². The summed E-state index contributed by atoms with van der Waals surface area (Å²) in [6.07, 6.45) is 0.935. The van der Waals surface area contributed by atoms with E-state index in [0.29, 0.717) is 11.2 Å². The third kappa shape index (κ3) is 3.96. The molecule has 0 radical (unpaired) electrons. The van der Waals surface area contributed by atoms with Crippen LogP contribution in [0.5, 0.6) is 0 Å². The summed E-state index contributed by atoms with van der Waals surface area (Å²) < 4.78 is 0. The van der Waals surface area contributed by atoms with E-state index >= 15 is 0 Å². The molecule has 4 aromatic rings. The van der Waals surface area contributed by atoms with Gasteiger partial charge in [-0.15, -0.1) is 0 Å². The van der Waals surface area contributed by atoms with E-state index < -0.39 is 0 Å². The van der Waals surface area contributed by atoms with Crippen LogP contribution in [0, 0.1) is 6.92 Å². The molecule has 0 unspecified atom stereocenters. The van der Waals surface area contributed by atoms with Gasteiger partial charge in [0.1, 0.15) is 5.82 Å². The van der Waals surface area contributed by atoms with Crippen LogP contribution < -0.4 is 10.5 Å². The van der Waals surface area contributed by atoms with Crippen molar-refractivity contribution in [2.45, 2.75) is 19.9 Å². The van der Waals surface area contributed by atoms with Crippen molar-refractivity contribution in [3.8, 4) is 0 Å². The third-order valence-corrected chi connectivity index (χ3v) is 4.94. The van der Waals surface area contributed by atoms with E-state index in [1.807, 2.05) is 24.3 Å². The summed E-state index contributed by atoms with van der Waals surface area (Å²) in [4.78, 5) is 21.5. The summed E-state index contributed by atoms with van der Waals surface area (Å²) >= 11 is 0. The lowest BCUT2D eigenvalue weighted by Gasteiger charge is -2.20. The normalized spacial score (nSPS) is 10.9. The quantitative estimate of drug-likeness (QED) is 0.565. The number of benzene rings is 3. The van der Waals surface area contributed by atoms with Gasteiger partial charge in [-0.05, 0) is 54.3 Å².